The van der Waals surface area contributed by atoms with E-state index in [1.54, 1.807) is 0 Å². The van der Waals surface area contributed by atoms with Gasteiger partial charge < -0.3 is 31.2 Å². The third kappa shape index (κ3) is 5.29. The minimum Gasteiger partial charge on any atom is -0.397 e. The molecule has 0 saturated carbocycles. The number of halogens is 4. The molecule has 0 spiro atoms. The Labute approximate surface area is 178 Å². The highest BCUT2D eigenvalue weighted by Gasteiger charge is 2.43. The van der Waals surface area contributed by atoms with E-state index in [1.165, 1.54) is 24.3 Å². The van der Waals surface area contributed by atoms with E-state index in [2.05, 4.69) is 5.32 Å². The molecule has 0 bridgehead atoms. The number of ether oxygens (including phenoxy) is 1. The number of thioether (sulfide) groups is 1. The molecular weight excluding hydrogens is 442 g/mol. The Kier molecular flexibility index (Phi) is 7.41. The predicted molar refractivity (Wildman–Crippen MR) is 103 cm³/mol. The Hall–Kier alpha value is -2.35. The highest BCUT2D eigenvalue weighted by molar-refractivity contribution is 7.99. The van der Waals surface area contributed by atoms with Gasteiger partial charge in [0.1, 0.15) is 23.5 Å². The zero-order valence-electron chi connectivity index (χ0n) is 15.8. The maximum Gasteiger partial charge on any atom is 0.194 e. The molecule has 1 heterocycles. The number of nitrogens with two attached hydrogens (primary N) is 1. The van der Waals surface area contributed by atoms with Crippen molar-refractivity contribution < 1.29 is 37.7 Å². The van der Waals surface area contributed by atoms with Crippen LogP contribution in [0.4, 0.5) is 17.6 Å². The number of nitrogens with zero attached hydrogens (tertiary/aromatic N) is 1. The van der Waals surface area contributed by atoms with Gasteiger partial charge in [-0.25, -0.2) is 17.6 Å². The van der Waals surface area contributed by atoms with Crippen LogP contribution in [0.25, 0.3) is 5.70 Å². The number of benzene rings is 2. The number of aliphatic hydroxyl groups is 2. The third-order valence-electron chi connectivity index (χ3n) is 4.42. The minimum absolute atomic E-state index is 0.175. The molecule has 1 fully saturated rings. The van der Waals surface area contributed by atoms with Crippen molar-refractivity contribution in [2.45, 2.75) is 28.8 Å². The van der Waals surface area contributed by atoms with Crippen LogP contribution in [0.1, 0.15) is 5.56 Å². The van der Waals surface area contributed by atoms with E-state index in [-0.39, 0.29) is 11.3 Å². The van der Waals surface area contributed by atoms with Gasteiger partial charge in [0.2, 0.25) is 0 Å². The van der Waals surface area contributed by atoms with Crippen molar-refractivity contribution in [3.05, 3.63) is 71.4 Å². The van der Waals surface area contributed by atoms with Crippen LogP contribution in [0.15, 0.2) is 47.5 Å². The van der Waals surface area contributed by atoms with Gasteiger partial charge in [-0.1, -0.05) is 11.8 Å². The molecule has 1 aliphatic heterocycles. The Morgan fingerprint density at radius 1 is 1.16 bits per heavy atom. The van der Waals surface area contributed by atoms with E-state index in [4.69, 9.17) is 10.5 Å². The van der Waals surface area contributed by atoms with Crippen molar-refractivity contribution in [3.8, 4) is 0 Å². The summed E-state index contributed by atoms with van der Waals surface area (Å²) in [5.41, 5.74) is 4.39. The summed E-state index contributed by atoms with van der Waals surface area (Å²) < 4.78 is 58.5. The largest absolute Gasteiger partial charge is 0.397 e. The first-order valence-electron chi connectivity index (χ1n) is 8.91. The summed E-state index contributed by atoms with van der Waals surface area (Å²) in [7, 11) is 0. The first kappa shape index (κ1) is 23.3. The first-order chi connectivity index (χ1) is 14.7. The molecule has 0 aliphatic carbocycles. The highest BCUT2D eigenvalue weighted by atomic mass is 32.2. The second kappa shape index (κ2) is 9.85. The minimum atomic E-state index is -1.64. The summed E-state index contributed by atoms with van der Waals surface area (Å²) in [6.07, 6.45) is -2.82. The van der Waals surface area contributed by atoms with Crippen molar-refractivity contribution in [1.29, 1.82) is 0 Å². The van der Waals surface area contributed by atoms with E-state index < -0.39 is 53.8 Å². The van der Waals surface area contributed by atoms with E-state index in [0.29, 0.717) is 22.1 Å². The quantitative estimate of drug-likeness (QED) is 0.328. The maximum absolute atomic E-state index is 13.4. The Bertz CT molecular complexity index is 927. The molecule has 2 aromatic carbocycles. The molecule has 168 valence electrons. The van der Waals surface area contributed by atoms with E-state index in [0.717, 1.165) is 18.0 Å². The summed E-state index contributed by atoms with van der Waals surface area (Å²) in [6, 6.07) is 6.75. The van der Waals surface area contributed by atoms with Gasteiger partial charge in [-0.2, -0.15) is 0 Å². The molecule has 3 rings (SSSR count). The van der Waals surface area contributed by atoms with Gasteiger partial charge in [-0.15, -0.1) is 5.06 Å². The van der Waals surface area contributed by atoms with Gasteiger partial charge in [-0.05, 0) is 36.4 Å². The fraction of sp³-hybridized carbons (Fsp3) is 0.263. The van der Waals surface area contributed by atoms with Gasteiger partial charge >= 0.3 is 0 Å². The van der Waals surface area contributed by atoms with Crippen LogP contribution in [0.5, 0.6) is 0 Å². The average Bonchev–Trinajstić information content (AvgIpc) is 2.74. The molecular formula is C19H19F4N3O4S. The number of hydrogen-bond donors (Lipinski definition) is 5. The van der Waals surface area contributed by atoms with Gasteiger partial charge in [0.05, 0.1) is 12.3 Å². The molecule has 31 heavy (non-hydrogen) atoms. The van der Waals surface area contributed by atoms with Gasteiger partial charge in [0.25, 0.3) is 0 Å². The molecule has 12 heteroatoms. The predicted octanol–water partition coefficient (Wildman–Crippen LogP) is 1.93. The molecule has 0 aromatic heterocycles. The van der Waals surface area contributed by atoms with Crippen LogP contribution in [0.3, 0.4) is 0 Å². The SMILES string of the molecule is N/C(=C\NC1C(O)C(Sc2ccc(F)cc2)OC(CO)N1O)c1cc(F)c(F)c(F)c1. The van der Waals surface area contributed by atoms with Crippen LogP contribution in [0, 0.1) is 23.3 Å². The zero-order chi connectivity index (χ0) is 22.7. The summed E-state index contributed by atoms with van der Waals surface area (Å²) >= 11 is 1.02. The molecule has 1 aliphatic rings. The van der Waals surface area contributed by atoms with E-state index in [1.807, 2.05) is 0 Å². The number of hydrogen-bond acceptors (Lipinski definition) is 8. The topological polar surface area (TPSA) is 111 Å². The fourth-order valence-corrected chi connectivity index (χ4v) is 3.84. The molecule has 4 atom stereocenters. The monoisotopic (exact) mass is 461 g/mol. The highest BCUT2D eigenvalue weighted by Crippen LogP contribution is 2.33. The van der Waals surface area contributed by atoms with Crippen LogP contribution >= 0.6 is 11.8 Å². The van der Waals surface area contributed by atoms with Crippen LogP contribution in [-0.2, 0) is 4.74 Å². The number of aliphatic hydroxyl groups excluding tert-OH is 2. The molecule has 7 nitrogen and oxygen atoms in total. The normalized spacial score (nSPS) is 24.9. The summed E-state index contributed by atoms with van der Waals surface area (Å²) in [6.45, 7) is -0.630. The molecule has 2 aromatic rings. The maximum atomic E-state index is 13.4. The second-order valence-corrected chi connectivity index (χ2v) is 7.72. The zero-order valence-corrected chi connectivity index (χ0v) is 16.6. The van der Waals surface area contributed by atoms with Gasteiger partial charge in [0, 0.05) is 16.7 Å². The van der Waals surface area contributed by atoms with Crippen molar-refractivity contribution in [1.82, 2.24) is 10.4 Å². The van der Waals surface area contributed by atoms with Gasteiger partial charge in [-0.3, -0.25) is 0 Å². The molecule has 4 unspecified atom stereocenters. The van der Waals surface area contributed by atoms with Crippen LogP contribution < -0.4 is 11.1 Å². The Morgan fingerprint density at radius 3 is 2.35 bits per heavy atom. The smallest absolute Gasteiger partial charge is 0.194 e. The second-order valence-electron chi connectivity index (χ2n) is 6.55. The lowest BCUT2D eigenvalue weighted by atomic mass is 10.1. The molecule has 6 N–H and O–H groups in total. The lowest BCUT2D eigenvalue weighted by molar-refractivity contribution is -0.311. The summed E-state index contributed by atoms with van der Waals surface area (Å²) in [5, 5.41) is 33.5. The number of nitrogens with one attached hydrogen (secondary N) is 1. The molecule has 0 radical (unpaired) electrons. The lowest BCUT2D eigenvalue weighted by Crippen LogP contribution is -2.63. The average molecular weight is 461 g/mol. The van der Waals surface area contributed by atoms with Crippen molar-refractivity contribution in [3.63, 3.8) is 0 Å². The Balaban J connectivity index is 1.79. The third-order valence-corrected chi connectivity index (χ3v) is 5.59. The summed E-state index contributed by atoms with van der Waals surface area (Å²) in [4.78, 5) is 0.555. The molecule has 1 saturated heterocycles. The van der Waals surface area contributed by atoms with Crippen molar-refractivity contribution in [2.75, 3.05) is 6.61 Å². The van der Waals surface area contributed by atoms with Crippen LogP contribution in [0.2, 0.25) is 0 Å². The van der Waals surface area contributed by atoms with E-state index >= 15 is 0 Å². The van der Waals surface area contributed by atoms with Crippen LogP contribution in [-0.4, -0.2) is 51.0 Å². The Morgan fingerprint density at radius 2 is 1.77 bits per heavy atom. The number of hydroxylamine groups is 2. The fourth-order valence-electron chi connectivity index (χ4n) is 2.81. The standard InChI is InChI=1S/C19H19F4N3O4S/c20-10-1-3-11(4-2-10)31-19-17(28)18(26(29)15(8-27)30-19)25-7-14(24)9-5-12(21)16(23)13(22)6-9/h1-7,15,17-19,25,27-29H,8,24H2/b14-7-. The van der Waals surface area contributed by atoms with Gasteiger partial charge in [0.15, 0.2) is 23.7 Å². The number of rotatable bonds is 6. The van der Waals surface area contributed by atoms with E-state index in [9.17, 15) is 33.0 Å². The lowest BCUT2D eigenvalue weighted by Gasteiger charge is -2.43. The van der Waals surface area contributed by atoms with Crippen molar-refractivity contribution in [2.24, 2.45) is 5.73 Å². The molecule has 0 amide bonds. The first-order valence-corrected chi connectivity index (χ1v) is 9.79. The summed E-state index contributed by atoms with van der Waals surface area (Å²) in [5.74, 6) is -4.95. The van der Waals surface area contributed by atoms with Crippen molar-refractivity contribution >= 4 is 17.5 Å².